The van der Waals surface area contributed by atoms with Crippen molar-refractivity contribution in [3.8, 4) is 5.88 Å². The van der Waals surface area contributed by atoms with Gasteiger partial charge in [0.25, 0.3) is 5.91 Å². The van der Waals surface area contributed by atoms with Gasteiger partial charge in [-0.3, -0.25) is 4.79 Å². The average molecular weight is 299 g/mol. The molecule has 1 N–H and O–H groups in total. The molecule has 0 bridgehead atoms. The van der Waals surface area contributed by atoms with Gasteiger partial charge in [0, 0.05) is 19.3 Å². The van der Waals surface area contributed by atoms with Crippen LogP contribution in [-0.2, 0) is 0 Å². The molecule has 1 aliphatic rings. The van der Waals surface area contributed by atoms with Crippen LogP contribution in [0.15, 0.2) is 30.7 Å². The van der Waals surface area contributed by atoms with Gasteiger partial charge in [-0.05, 0) is 25.0 Å². The fourth-order valence-corrected chi connectivity index (χ4v) is 2.58. The van der Waals surface area contributed by atoms with Gasteiger partial charge < -0.3 is 15.0 Å². The second kappa shape index (κ2) is 6.38. The zero-order valence-corrected chi connectivity index (χ0v) is 12.3. The van der Waals surface area contributed by atoms with Crippen molar-refractivity contribution in [1.82, 2.24) is 15.2 Å². The highest BCUT2D eigenvalue weighted by Gasteiger charge is 2.24. The molecule has 22 heavy (non-hydrogen) atoms. The van der Waals surface area contributed by atoms with E-state index in [0.717, 1.165) is 31.6 Å². The van der Waals surface area contributed by atoms with Gasteiger partial charge in [0.1, 0.15) is 5.56 Å². The van der Waals surface area contributed by atoms with Crippen molar-refractivity contribution in [1.29, 1.82) is 0 Å². The van der Waals surface area contributed by atoms with E-state index in [0.29, 0.717) is 17.1 Å². The minimum Gasteiger partial charge on any atom is -0.480 e. The first kappa shape index (κ1) is 14.2. The number of aromatic nitrogens is 3. The second-order valence-electron chi connectivity index (χ2n) is 4.99. The van der Waals surface area contributed by atoms with E-state index >= 15 is 0 Å². The van der Waals surface area contributed by atoms with Gasteiger partial charge in [0.15, 0.2) is 0 Å². The highest BCUT2D eigenvalue weighted by Crippen LogP contribution is 2.30. The number of amides is 1. The van der Waals surface area contributed by atoms with Crippen LogP contribution in [0.4, 0.5) is 11.4 Å². The zero-order chi connectivity index (χ0) is 15.4. The van der Waals surface area contributed by atoms with E-state index in [1.165, 1.54) is 19.5 Å². The standard InChI is InChI=1S/C15H17N5O2/c1-22-15-13(14(21)19-11-4-7-17-18-10-11)12(5-6-16-15)20-8-2-3-9-20/h4-7,10H,2-3,8-9H2,1H3,(H,17,19,21). The topological polar surface area (TPSA) is 80.2 Å². The molecule has 3 rings (SSSR count). The molecule has 0 radical (unpaired) electrons. The van der Waals surface area contributed by atoms with E-state index < -0.39 is 0 Å². The molecule has 2 aromatic rings. The SMILES string of the molecule is COc1nccc(N2CCCC2)c1C(=O)Nc1ccnnc1. The minimum absolute atomic E-state index is 0.264. The van der Waals surface area contributed by atoms with Crippen molar-refractivity contribution >= 4 is 17.3 Å². The number of methoxy groups -OCH3 is 1. The number of nitrogens with one attached hydrogen (secondary N) is 1. The first-order valence-corrected chi connectivity index (χ1v) is 7.15. The summed E-state index contributed by atoms with van der Waals surface area (Å²) in [6.07, 6.45) is 6.94. The van der Waals surface area contributed by atoms with Crippen LogP contribution in [0.25, 0.3) is 0 Å². The first-order chi connectivity index (χ1) is 10.8. The van der Waals surface area contributed by atoms with Gasteiger partial charge in [-0.1, -0.05) is 0 Å². The van der Waals surface area contributed by atoms with Crippen LogP contribution in [0.2, 0.25) is 0 Å². The summed E-state index contributed by atoms with van der Waals surface area (Å²) in [4.78, 5) is 19.0. The normalized spacial score (nSPS) is 14.0. The molecule has 0 unspecified atom stereocenters. The molecule has 3 heterocycles. The Hall–Kier alpha value is -2.70. The molecular weight excluding hydrogens is 282 g/mol. The molecule has 0 spiro atoms. The lowest BCUT2D eigenvalue weighted by Gasteiger charge is -2.21. The molecule has 1 aliphatic heterocycles. The van der Waals surface area contributed by atoms with Crippen LogP contribution >= 0.6 is 0 Å². The van der Waals surface area contributed by atoms with Gasteiger partial charge in [0.05, 0.1) is 30.9 Å². The molecule has 1 amide bonds. The number of ether oxygens (including phenoxy) is 1. The van der Waals surface area contributed by atoms with E-state index in [1.54, 1.807) is 12.3 Å². The lowest BCUT2D eigenvalue weighted by Crippen LogP contribution is -2.24. The Kier molecular flexibility index (Phi) is 4.13. The van der Waals surface area contributed by atoms with Crippen molar-refractivity contribution in [3.05, 3.63) is 36.3 Å². The molecule has 1 saturated heterocycles. The monoisotopic (exact) mass is 299 g/mol. The second-order valence-corrected chi connectivity index (χ2v) is 4.99. The highest BCUT2D eigenvalue weighted by molar-refractivity contribution is 6.09. The molecule has 114 valence electrons. The van der Waals surface area contributed by atoms with Crippen LogP contribution in [0.3, 0.4) is 0 Å². The Morgan fingerprint density at radius 3 is 2.73 bits per heavy atom. The number of nitrogens with zero attached hydrogens (tertiary/aromatic N) is 4. The summed E-state index contributed by atoms with van der Waals surface area (Å²) in [6, 6.07) is 3.54. The molecule has 0 atom stereocenters. The van der Waals surface area contributed by atoms with Gasteiger partial charge in [-0.2, -0.15) is 10.2 Å². The van der Waals surface area contributed by atoms with Crippen molar-refractivity contribution in [2.75, 3.05) is 30.4 Å². The third-order valence-corrected chi connectivity index (χ3v) is 3.60. The smallest absolute Gasteiger partial charge is 0.263 e. The Bertz CT molecular complexity index is 656. The minimum atomic E-state index is -0.264. The van der Waals surface area contributed by atoms with Crippen LogP contribution in [0.1, 0.15) is 23.2 Å². The van der Waals surface area contributed by atoms with Crippen LogP contribution in [0.5, 0.6) is 5.88 Å². The molecular formula is C15H17N5O2. The summed E-state index contributed by atoms with van der Waals surface area (Å²) in [5.41, 5.74) is 1.88. The number of carbonyl (C=O) groups is 1. The van der Waals surface area contributed by atoms with Crippen LogP contribution < -0.4 is 15.0 Å². The molecule has 7 nitrogen and oxygen atoms in total. The Balaban J connectivity index is 1.95. The number of anilines is 2. The van der Waals surface area contributed by atoms with Gasteiger partial charge in [0.2, 0.25) is 5.88 Å². The summed E-state index contributed by atoms with van der Waals surface area (Å²) in [7, 11) is 1.51. The predicted molar refractivity (Wildman–Crippen MR) is 82.2 cm³/mol. The predicted octanol–water partition coefficient (Wildman–Crippen LogP) is 1.73. The molecule has 2 aromatic heterocycles. The Morgan fingerprint density at radius 1 is 1.23 bits per heavy atom. The van der Waals surface area contributed by atoms with Crippen molar-refractivity contribution in [2.24, 2.45) is 0 Å². The van der Waals surface area contributed by atoms with E-state index in [2.05, 4.69) is 25.4 Å². The summed E-state index contributed by atoms with van der Waals surface area (Å²) in [5, 5.41) is 10.3. The van der Waals surface area contributed by atoms with E-state index in [-0.39, 0.29) is 5.91 Å². The molecule has 0 aliphatic carbocycles. The Labute approximate surface area is 128 Å². The van der Waals surface area contributed by atoms with E-state index in [9.17, 15) is 4.79 Å². The lowest BCUT2D eigenvalue weighted by molar-refractivity contribution is 0.102. The molecule has 0 saturated carbocycles. The maximum Gasteiger partial charge on any atom is 0.263 e. The quantitative estimate of drug-likeness (QED) is 0.926. The summed E-state index contributed by atoms with van der Waals surface area (Å²) < 4.78 is 5.28. The molecule has 7 heteroatoms. The summed E-state index contributed by atoms with van der Waals surface area (Å²) in [6.45, 7) is 1.87. The third kappa shape index (κ3) is 2.83. The molecule has 1 fully saturated rings. The number of carbonyl (C=O) groups excluding carboxylic acids is 1. The third-order valence-electron chi connectivity index (χ3n) is 3.60. The van der Waals surface area contributed by atoms with Crippen molar-refractivity contribution in [3.63, 3.8) is 0 Å². The number of hydrogen-bond donors (Lipinski definition) is 1. The first-order valence-electron chi connectivity index (χ1n) is 7.15. The lowest BCUT2D eigenvalue weighted by atomic mass is 10.2. The van der Waals surface area contributed by atoms with Gasteiger partial charge in [-0.15, -0.1) is 0 Å². The largest absolute Gasteiger partial charge is 0.480 e. The van der Waals surface area contributed by atoms with Crippen molar-refractivity contribution in [2.45, 2.75) is 12.8 Å². The van der Waals surface area contributed by atoms with Crippen molar-refractivity contribution < 1.29 is 9.53 Å². The fourth-order valence-electron chi connectivity index (χ4n) is 2.58. The van der Waals surface area contributed by atoms with Gasteiger partial charge in [-0.25, -0.2) is 4.98 Å². The maximum atomic E-state index is 12.7. The van der Waals surface area contributed by atoms with Crippen LogP contribution in [-0.4, -0.2) is 41.3 Å². The summed E-state index contributed by atoms with van der Waals surface area (Å²) >= 11 is 0. The maximum absolute atomic E-state index is 12.7. The highest BCUT2D eigenvalue weighted by atomic mass is 16.5. The van der Waals surface area contributed by atoms with Crippen LogP contribution in [0, 0.1) is 0 Å². The van der Waals surface area contributed by atoms with E-state index in [1.807, 2.05) is 6.07 Å². The fraction of sp³-hybridized carbons (Fsp3) is 0.333. The van der Waals surface area contributed by atoms with Gasteiger partial charge >= 0.3 is 0 Å². The number of rotatable bonds is 4. The Morgan fingerprint density at radius 2 is 2.05 bits per heavy atom. The number of pyridine rings is 1. The number of hydrogen-bond acceptors (Lipinski definition) is 6. The average Bonchev–Trinajstić information content (AvgIpc) is 3.09. The zero-order valence-electron chi connectivity index (χ0n) is 12.3. The summed E-state index contributed by atoms with van der Waals surface area (Å²) in [5.74, 6) is 0.0590. The molecule has 0 aromatic carbocycles. The van der Waals surface area contributed by atoms with E-state index in [4.69, 9.17) is 4.74 Å².